The zero-order valence-corrected chi connectivity index (χ0v) is 21.0. The minimum absolute atomic E-state index is 0.0654. The first-order chi connectivity index (χ1) is 15.7. The number of pyridine rings is 2. The third kappa shape index (κ3) is 6.80. The highest BCUT2D eigenvalue weighted by Gasteiger charge is 2.19. The van der Waals surface area contributed by atoms with Crippen LogP contribution in [0.25, 0.3) is 11.3 Å². The van der Waals surface area contributed by atoms with Crippen LogP contribution in [0.1, 0.15) is 58.4 Å². The fourth-order valence-electron chi connectivity index (χ4n) is 4.17. The summed E-state index contributed by atoms with van der Waals surface area (Å²) >= 11 is 0. The second-order valence-electron chi connectivity index (χ2n) is 10.2. The number of hydrogen-bond donors (Lipinski definition) is 0. The molecule has 1 aromatic carbocycles. The van der Waals surface area contributed by atoms with Crippen molar-refractivity contribution in [3.8, 4) is 17.0 Å². The van der Waals surface area contributed by atoms with E-state index in [1.54, 1.807) is 0 Å². The summed E-state index contributed by atoms with van der Waals surface area (Å²) in [6.45, 7) is 14.1. The lowest BCUT2D eigenvalue weighted by atomic mass is 9.96. The molecule has 0 bridgehead atoms. The number of nitrogens with zero attached hydrogens (tertiary/aromatic N) is 2. The highest BCUT2D eigenvalue weighted by Crippen LogP contribution is 2.29. The highest BCUT2D eigenvalue weighted by atomic mass is 16.5. The Kier molecular flexibility index (Phi) is 8.49. The molecule has 33 heavy (non-hydrogen) atoms. The average molecular weight is 447 g/mol. The van der Waals surface area contributed by atoms with Gasteiger partial charge in [0.15, 0.2) is 5.75 Å². The fourth-order valence-corrected chi connectivity index (χ4v) is 4.17. The molecule has 3 aromatic rings. The van der Waals surface area contributed by atoms with E-state index in [0.29, 0.717) is 36.7 Å². The molecule has 0 aliphatic carbocycles. The van der Waals surface area contributed by atoms with Crippen LogP contribution >= 0.6 is 0 Å². The maximum Gasteiger partial charge on any atom is 0.293 e. The van der Waals surface area contributed by atoms with Gasteiger partial charge in [0.1, 0.15) is 6.61 Å². The molecule has 0 aliphatic heterocycles. The van der Waals surface area contributed by atoms with Gasteiger partial charge in [0.2, 0.25) is 0 Å². The van der Waals surface area contributed by atoms with Crippen molar-refractivity contribution >= 4 is 0 Å². The molecular weight excluding hydrogens is 408 g/mol. The predicted molar refractivity (Wildman–Crippen MR) is 137 cm³/mol. The van der Waals surface area contributed by atoms with Gasteiger partial charge in [0, 0.05) is 24.0 Å². The molecule has 0 radical (unpaired) electrons. The number of hydrogen-bond acceptors (Lipinski definition) is 3. The monoisotopic (exact) mass is 446 g/mol. The van der Waals surface area contributed by atoms with E-state index in [0.717, 1.165) is 40.9 Å². The molecule has 0 saturated heterocycles. The van der Waals surface area contributed by atoms with Gasteiger partial charge in [0.05, 0.1) is 5.69 Å². The zero-order chi connectivity index (χ0) is 24.0. The Morgan fingerprint density at radius 2 is 1.58 bits per heavy atom. The van der Waals surface area contributed by atoms with E-state index in [2.05, 4.69) is 52.6 Å². The number of benzene rings is 1. The molecule has 2 aromatic heterocycles. The largest absolute Gasteiger partial charge is 0.483 e. The number of ether oxygens (including phenoxy) is 1. The van der Waals surface area contributed by atoms with Crippen LogP contribution in [0, 0.1) is 17.8 Å². The van der Waals surface area contributed by atoms with E-state index in [1.807, 2.05) is 53.2 Å². The Labute approximate surface area is 198 Å². The van der Waals surface area contributed by atoms with Gasteiger partial charge in [-0.3, -0.25) is 9.78 Å². The average Bonchev–Trinajstić information content (AvgIpc) is 2.74. The van der Waals surface area contributed by atoms with E-state index >= 15 is 0 Å². The highest BCUT2D eigenvalue weighted by molar-refractivity contribution is 5.65. The first-order valence-corrected chi connectivity index (χ1v) is 12.1. The summed E-state index contributed by atoms with van der Waals surface area (Å²) in [5, 5.41) is 0. The first-order valence-electron chi connectivity index (χ1n) is 12.1. The van der Waals surface area contributed by atoms with Gasteiger partial charge in [-0.05, 0) is 59.9 Å². The molecule has 0 aliphatic rings. The van der Waals surface area contributed by atoms with Crippen LogP contribution in [0.15, 0.2) is 59.5 Å². The third-order valence-corrected chi connectivity index (χ3v) is 5.46. The van der Waals surface area contributed by atoms with E-state index in [-0.39, 0.29) is 5.56 Å². The van der Waals surface area contributed by atoms with Gasteiger partial charge >= 0.3 is 0 Å². The second-order valence-corrected chi connectivity index (χ2v) is 10.2. The quantitative estimate of drug-likeness (QED) is 0.355. The van der Waals surface area contributed by atoms with Crippen molar-refractivity contribution in [3.05, 3.63) is 81.9 Å². The van der Waals surface area contributed by atoms with Crippen molar-refractivity contribution in [2.45, 2.75) is 67.5 Å². The summed E-state index contributed by atoms with van der Waals surface area (Å²) < 4.78 is 8.02. The molecule has 4 nitrogen and oxygen atoms in total. The van der Waals surface area contributed by atoms with Crippen molar-refractivity contribution in [3.63, 3.8) is 0 Å². The van der Waals surface area contributed by atoms with Gasteiger partial charge in [-0.25, -0.2) is 0 Å². The Balaban J connectivity index is 2.14. The molecule has 3 rings (SSSR count). The summed E-state index contributed by atoms with van der Waals surface area (Å²) in [5.41, 5.74) is 5.25. The van der Waals surface area contributed by atoms with E-state index in [1.165, 1.54) is 0 Å². The first kappa shape index (κ1) is 24.8. The van der Waals surface area contributed by atoms with Crippen LogP contribution < -0.4 is 10.3 Å². The van der Waals surface area contributed by atoms with Crippen LogP contribution in [-0.4, -0.2) is 9.55 Å². The second kappa shape index (κ2) is 11.3. The van der Waals surface area contributed by atoms with Gasteiger partial charge in [-0.15, -0.1) is 0 Å². The molecule has 0 N–H and O–H groups in total. The van der Waals surface area contributed by atoms with E-state index < -0.39 is 0 Å². The minimum atomic E-state index is -0.0654. The molecule has 0 amide bonds. The van der Waals surface area contributed by atoms with E-state index in [4.69, 9.17) is 4.74 Å². The lowest BCUT2D eigenvalue weighted by Crippen LogP contribution is -2.27. The molecular formula is C29H38N2O2. The molecule has 0 saturated carbocycles. The molecule has 0 unspecified atom stereocenters. The van der Waals surface area contributed by atoms with Crippen LogP contribution in [0.5, 0.6) is 5.75 Å². The molecule has 0 fully saturated rings. The van der Waals surface area contributed by atoms with Crippen LogP contribution in [0.4, 0.5) is 0 Å². The van der Waals surface area contributed by atoms with Gasteiger partial charge in [-0.1, -0.05) is 71.9 Å². The van der Waals surface area contributed by atoms with Gasteiger partial charge in [-0.2, -0.15) is 0 Å². The SMILES string of the molecule is CC(C)Cc1cc(-c2c(CC(C)C)cc(OCc3ccccc3)c(=O)n2CC(C)C)ccn1. The summed E-state index contributed by atoms with van der Waals surface area (Å²) in [5.74, 6) is 1.73. The van der Waals surface area contributed by atoms with Crippen molar-refractivity contribution in [2.75, 3.05) is 0 Å². The number of rotatable bonds is 10. The van der Waals surface area contributed by atoms with Crippen molar-refractivity contribution < 1.29 is 4.74 Å². The topological polar surface area (TPSA) is 44.1 Å². The lowest BCUT2D eigenvalue weighted by Gasteiger charge is -2.22. The predicted octanol–water partition coefficient (Wildman–Crippen LogP) is 6.54. The molecule has 176 valence electrons. The van der Waals surface area contributed by atoms with Crippen molar-refractivity contribution in [1.29, 1.82) is 0 Å². The van der Waals surface area contributed by atoms with Gasteiger partial charge < -0.3 is 9.30 Å². The van der Waals surface area contributed by atoms with Crippen LogP contribution in [0.2, 0.25) is 0 Å². The van der Waals surface area contributed by atoms with E-state index in [9.17, 15) is 4.79 Å². The Hall–Kier alpha value is -2.88. The summed E-state index contributed by atoms with van der Waals surface area (Å²) in [7, 11) is 0. The Morgan fingerprint density at radius 1 is 0.879 bits per heavy atom. The summed E-state index contributed by atoms with van der Waals surface area (Å²) in [6.07, 6.45) is 3.66. The smallest absolute Gasteiger partial charge is 0.293 e. The Morgan fingerprint density at radius 3 is 2.21 bits per heavy atom. The normalized spacial score (nSPS) is 11.5. The third-order valence-electron chi connectivity index (χ3n) is 5.46. The standard InChI is InChI=1S/C29H38N2O2/c1-20(2)14-25-17-27(33-19-23-10-8-7-9-11-23)29(32)31(18-22(5)6)28(25)24-12-13-30-26(16-24)15-21(3)4/h7-13,16-17,20-22H,14-15,18-19H2,1-6H3. The molecule has 0 atom stereocenters. The Bertz CT molecular complexity index is 1100. The maximum atomic E-state index is 13.6. The maximum absolute atomic E-state index is 13.6. The molecule has 4 heteroatoms. The lowest BCUT2D eigenvalue weighted by molar-refractivity contribution is 0.297. The molecule has 0 spiro atoms. The zero-order valence-electron chi connectivity index (χ0n) is 21.0. The van der Waals surface area contributed by atoms with Crippen molar-refractivity contribution in [2.24, 2.45) is 17.8 Å². The summed E-state index contributed by atoms with van der Waals surface area (Å²) in [6, 6.07) is 16.1. The fraction of sp³-hybridized carbons (Fsp3) is 0.448. The number of aromatic nitrogens is 2. The van der Waals surface area contributed by atoms with Crippen molar-refractivity contribution in [1.82, 2.24) is 9.55 Å². The van der Waals surface area contributed by atoms with Crippen LogP contribution in [-0.2, 0) is 26.0 Å². The minimum Gasteiger partial charge on any atom is -0.483 e. The van der Waals surface area contributed by atoms with Gasteiger partial charge in [0.25, 0.3) is 5.56 Å². The molecule has 2 heterocycles. The van der Waals surface area contributed by atoms with Crippen LogP contribution in [0.3, 0.4) is 0 Å². The summed E-state index contributed by atoms with van der Waals surface area (Å²) in [4.78, 5) is 18.2.